The maximum Gasteiger partial charge on any atom is 0.266 e. The Bertz CT molecular complexity index is 893. The summed E-state index contributed by atoms with van der Waals surface area (Å²) in [7, 11) is 0. The van der Waals surface area contributed by atoms with Gasteiger partial charge in [0.25, 0.3) is 5.91 Å². The standard InChI is InChI=1S/C19H15BrN2O2S2/c1-12-2-8-15(9-3-12)21-17(23)11-22-18(24)16(26-19(22)25)10-13-4-6-14(20)7-5-13/h2-10H,11H2,1H3,(H,21,23)/b16-10-. The molecular weight excluding hydrogens is 432 g/mol. The van der Waals surface area contributed by atoms with Gasteiger partial charge in [0.15, 0.2) is 0 Å². The summed E-state index contributed by atoms with van der Waals surface area (Å²) in [5, 5.41) is 2.78. The number of thiocarbonyl (C=S) groups is 1. The zero-order valence-electron chi connectivity index (χ0n) is 13.9. The number of carbonyl (C=O) groups is 2. The van der Waals surface area contributed by atoms with Crippen LogP contribution in [0.1, 0.15) is 11.1 Å². The first-order valence-electron chi connectivity index (χ1n) is 7.80. The number of benzene rings is 2. The van der Waals surface area contributed by atoms with E-state index in [4.69, 9.17) is 12.2 Å². The van der Waals surface area contributed by atoms with E-state index in [1.165, 1.54) is 16.7 Å². The van der Waals surface area contributed by atoms with E-state index in [1.807, 2.05) is 55.5 Å². The van der Waals surface area contributed by atoms with Crippen LogP contribution in [0.3, 0.4) is 0 Å². The Labute approximate surface area is 169 Å². The third-order valence-corrected chi connectivity index (χ3v) is 5.58. The highest BCUT2D eigenvalue weighted by atomic mass is 79.9. The summed E-state index contributed by atoms with van der Waals surface area (Å²) < 4.78 is 1.35. The van der Waals surface area contributed by atoms with Gasteiger partial charge in [0.2, 0.25) is 5.91 Å². The first-order chi connectivity index (χ1) is 12.4. The molecule has 2 aromatic carbocycles. The van der Waals surface area contributed by atoms with Gasteiger partial charge in [-0.1, -0.05) is 69.7 Å². The van der Waals surface area contributed by atoms with Crippen molar-refractivity contribution in [1.29, 1.82) is 0 Å². The number of rotatable bonds is 4. The van der Waals surface area contributed by atoms with Gasteiger partial charge in [0, 0.05) is 10.2 Å². The number of amides is 2. The van der Waals surface area contributed by atoms with Crippen LogP contribution in [0, 0.1) is 6.92 Å². The topological polar surface area (TPSA) is 49.4 Å². The number of carbonyl (C=O) groups excluding carboxylic acids is 2. The Balaban J connectivity index is 1.67. The summed E-state index contributed by atoms with van der Waals surface area (Å²) in [5.41, 5.74) is 2.70. The van der Waals surface area contributed by atoms with Crippen LogP contribution in [0.5, 0.6) is 0 Å². The van der Waals surface area contributed by atoms with E-state index in [0.717, 1.165) is 15.6 Å². The third kappa shape index (κ3) is 4.60. The minimum absolute atomic E-state index is 0.101. The number of nitrogens with one attached hydrogen (secondary N) is 1. The molecule has 1 heterocycles. The summed E-state index contributed by atoms with van der Waals surface area (Å²) in [6, 6.07) is 15.1. The second-order valence-electron chi connectivity index (χ2n) is 5.73. The number of thioether (sulfide) groups is 1. The number of hydrogen-bond acceptors (Lipinski definition) is 4. The van der Waals surface area contributed by atoms with Crippen molar-refractivity contribution in [2.45, 2.75) is 6.92 Å². The maximum atomic E-state index is 12.6. The Morgan fingerprint density at radius 2 is 1.85 bits per heavy atom. The van der Waals surface area contributed by atoms with Crippen LogP contribution in [0.4, 0.5) is 5.69 Å². The Morgan fingerprint density at radius 3 is 2.50 bits per heavy atom. The lowest BCUT2D eigenvalue weighted by atomic mass is 10.2. The quantitative estimate of drug-likeness (QED) is 0.550. The molecule has 3 rings (SSSR count). The number of aryl methyl sites for hydroxylation is 1. The van der Waals surface area contributed by atoms with Crippen molar-refractivity contribution < 1.29 is 9.59 Å². The average molecular weight is 447 g/mol. The molecule has 7 heteroatoms. The van der Waals surface area contributed by atoms with E-state index in [0.29, 0.717) is 14.9 Å². The van der Waals surface area contributed by atoms with Crippen molar-refractivity contribution in [3.05, 3.63) is 69.0 Å². The highest BCUT2D eigenvalue weighted by Crippen LogP contribution is 2.32. The van der Waals surface area contributed by atoms with Crippen LogP contribution in [0.25, 0.3) is 6.08 Å². The number of halogens is 1. The molecule has 0 unspecified atom stereocenters. The molecular formula is C19H15BrN2O2S2. The lowest BCUT2D eigenvalue weighted by molar-refractivity contribution is -0.126. The molecule has 1 N–H and O–H groups in total. The van der Waals surface area contributed by atoms with Crippen LogP contribution in [-0.4, -0.2) is 27.6 Å². The van der Waals surface area contributed by atoms with Crippen molar-refractivity contribution in [3.63, 3.8) is 0 Å². The van der Waals surface area contributed by atoms with Gasteiger partial charge in [-0.25, -0.2) is 0 Å². The van der Waals surface area contributed by atoms with E-state index in [1.54, 1.807) is 6.08 Å². The Hall–Kier alpha value is -1.96. The molecule has 1 saturated heterocycles. The van der Waals surface area contributed by atoms with Crippen molar-refractivity contribution in [1.82, 2.24) is 4.90 Å². The monoisotopic (exact) mass is 446 g/mol. The Kier molecular flexibility index (Phi) is 5.90. The molecule has 2 aromatic rings. The van der Waals surface area contributed by atoms with Gasteiger partial charge in [-0.2, -0.15) is 0 Å². The van der Waals surface area contributed by atoms with Crippen LogP contribution >= 0.6 is 39.9 Å². The average Bonchev–Trinajstić information content (AvgIpc) is 2.86. The van der Waals surface area contributed by atoms with Crippen LogP contribution in [0.2, 0.25) is 0 Å². The normalized spacial score (nSPS) is 15.6. The minimum atomic E-state index is -0.282. The highest BCUT2D eigenvalue weighted by Gasteiger charge is 2.33. The largest absolute Gasteiger partial charge is 0.325 e. The lowest BCUT2D eigenvalue weighted by Gasteiger charge is -2.14. The van der Waals surface area contributed by atoms with E-state index in [9.17, 15) is 9.59 Å². The van der Waals surface area contributed by atoms with Gasteiger partial charge in [0.1, 0.15) is 10.9 Å². The van der Waals surface area contributed by atoms with Gasteiger partial charge < -0.3 is 5.32 Å². The fourth-order valence-electron chi connectivity index (χ4n) is 2.33. The molecule has 0 spiro atoms. The molecule has 132 valence electrons. The fourth-order valence-corrected chi connectivity index (χ4v) is 3.85. The molecule has 0 radical (unpaired) electrons. The van der Waals surface area contributed by atoms with E-state index >= 15 is 0 Å². The predicted octanol–water partition coefficient (Wildman–Crippen LogP) is 4.60. The molecule has 1 aliphatic rings. The summed E-state index contributed by atoms with van der Waals surface area (Å²) in [6.45, 7) is 1.87. The third-order valence-electron chi connectivity index (χ3n) is 3.68. The molecule has 0 bridgehead atoms. The SMILES string of the molecule is Cc1ccc(NC(=O)CN2C(=O)/C(=C/c3ccc(Br)cc3)SC2=S)cc1. The molecule has 0 atom stereocenters. The first-order valence-corrected chi connectivity index (χ1v) is 9.81. The zero-order valence-corrected chi connectivity index (χ0v) is 17.1. The molecule has 0 aliphatic carbocycles. The van der Waals surface area contributed by atoms with Gasteiger partial charge in [-0.3, -0.25) is 14.5 Å². The fraction of sp³-hybridized carbons (Fsp3) is 0.105. The number of nitrogens with zero attached hydrogens (tertiary/aromatic N) is 1. The summed E-state index contributed by atoms with van der Waals surface area (Å²) >= 11 is 9.86. The summed E-state index contributed by atoms with van der Waals surface area (Å²) in [4.78, 5) is 26.7. The van der Waals surface area contributed by atoms with Crippen molar-refractivity contribution in [3.8, 4) is 0 Å². The van der Waals surface area contributed by atoms with E-state index in [-0.39, 0.29) is 18.4 Å². The molecule has 4 nitrogen and oxygen atoms in total. The van der Waals surface area contributed by atoms with Crippen molar-refractivity contribution in [2.24, 2.45) is 0 Å². The molecule has 2 amide bonds. The number of hydrogen-bond donors (Lipinski definition) is 1. The van der Waals surface area contributed by atoms with Crippen molar-refractivity contribution in [2.75, 3.05) is 11.9 Å². The molecule has 1 fully saturated rings. The van der Waals surface area contributed by atoms with Gasteiger partial charge >= 0.3 is 0 Å². The maximum absolute atomic E-state index is 12.6. The lowest BCUT2D eigenvalue weighted by Crippen LogP contribution is -2.36. The summed E-state index contributed by atoms with van der Waals surface area (Å²) in [6.07, 6.45) is 1.78. The first kappa shape index (κ1) is 18.8. The van der Waals surface area contributed by atoms with Crippen LogP contribution in [0.15, 0.2) is 57.9 Å². The Morgan fingerprint density at radius 1 is 1.19 bits per heavy atom. The minimum Gasteiger partial charge on any atom is -0.325 e. The zero-order chi connectivity index (χ0) is 18.7. The van der Waals surface area contributed by atoms with Crippen molar-refractivity contribution >= 4 is 67.8 Å². The van der Waals surface area contributed by atoms with E-state index < -0.39 is 0 Å². The van der Waals surface area contributed by atoms with E-state index in [2.05, 4.69) is 21.2 Å². The van der Waals surface area contributed by atoms with Crippen LogP contribution in [-0.2, 0) is 9.59 Å². The smallest absolute Gasteiger partial charge is 0.266 e. The van der Waals surface area contributed by atoms with Gasteiger partial charge in [0.05, 0.1) is 4.91 Å². The molecule has 26 heavy (non-hydrogen) atoms. The van der Waals surface area contributed by atoms with Gasteiger partial charge in [-0.15, -0.1) is 0 Å². The number of anilines is 1. The van der Waals surface area contributed by atoms with Gasteiger partial charge in [-0.05, 0) is 42.8 Å². The van der Waals surface area contributed by atoms with Crippen LogP contribution < -0.4 is 5.32 Å². The molecule has 0 aromatic heterocycles. The second kappa shape index (κ2) is 8.16. The molecule has 0 saturated carbocycles. The second-order valence-corrected chi connectivity index (χ2v) is 8.33. The predicted molar refractivity (Wildman–Crippen MR) is 114 cm³/mol. The highest BCUT2D eigenvalue weighted by molar-refractivity contribution is 9.10. The summed E-state index contributed by atoms with van der Waals surface area (Å²) in [5.74, 6) is -0.531. The molecule has 1 aliphatic heterocycles.